The monoisotopic (exact) mass is 377 g/mol. The first-order valence-corrected chi connectivity index (χ1v) is 9.29. The fourth-order valence-corrected chi connectivity index (χ4v) is 3.52. The summed E-state index contributed by atoms with van der Waals surface area (Å²) in [5.41, 5.74) is 4.21. The van der Waals surface area contributed by atoms with Crippen molar-refractivity contribution in [1.29, 1.82) is 0 Å². The molecule has 6 nitrogen and oxygen atoms in total. The third-order valence-corrected chi connectivity index (χ3v) is 5.20. The first-order chi connectivity index (χ1) is 12.2. The Bertz CT molecular complexity index is 904. The van der Waals surface area contributed by atoms with E-state index >= 15 is 0 Å². The van der Waals surface area contributed by atoms with Crippen LogP contribution >= 0.6 is 0 Å². The molecule has 0 atom stereocenters. The Morgan fingerprint density at radius 3 is 2.19 bits per heavy atom. The normalized spacial score (nSPS) is 10.9. The number of rotatable bonds is 6. The number of nitrogens with zero attached hydrogens (tertiary/aromatic N) is 2. The number of carbonyl (C=O) groups is 1. The number of nitrogens with one attached hydrogen (secondary N) is 1. The van der Waals surface area contributed by atoms with Gasteiger partial charge in [-0.2, -0.15) is 5.10 Å². The van der Waals surface area contributed by atoms with Crippen LogP contribution in [0.25, 0.3) is 0 Å². The molecule has 1 amide bonds. The summed E-state index contributed by atoms with van der Waals surface area (Å²) in [5, 5.41) is 3.80. The molecule has 0 aliphatic carbocycles. The smallest absolute Gasteiger partial charge is 0.264 e. The maximum absolute atomic E-state index is 13.1. The van der Waals surface area contributed by atoms with E-state index in [-0.39, 0.29) is 4.90 Å². The third-order valence-electron chi connectivity index (χ3n) is 3.42. The lowest BCUT2D eigenvalue weighted by Crippen LogP contribution is -2.39. The molecular formula is C18H20FN3O3S. The van der Waals surface area contributed by atoms with Crippen LogP contribution in [0, 0.1) is 12.7 Å². The molecule has 8 heteroatoms. The lowest BCUT2D eigenvalue weighted by Gasteiger charge is -2.23. The lowest BCUT2D eigenvalue weighted by molar-refractivity contribution is -0.119. The number of aryl methyl sites for hydroxylation is 1. The van der Waals surface area contributed by atoms with E-state index in [1.54, 1.807) is 38.1 Å². The predicted molar refractivity (Wildman–Crippen MR) is 99.0 cm³/mol. The van der Waals surface area contributed by atoms with Gasteiger partial charge in [0.1, 0.15) is 12.4 Å². The average molecular weight is 377 g/mol. The van der Waals surface area contributed by atoms with Gasteiger partial charge in [0.05, 0.1) is 10.6 Å². The van der Waals surface area contributed by atoms with Crippen LogP contribution in [0.2, 0.25) is 0 Å². The maximum Gasteiger partial charge on any atom is 0.264 e. The maximum atomic E-state index is 13.1. The Morgan fingerprint density at radius 2 is 1.65 bits per heavy atom. The van der Waals surface area contributed by atoms with Gasteiger partial charge in [-0.3, -0.25) is 9.10 Å². The van der Waals surface area contributed by atoms with Crippen molar-refractivity contribution < 1.29 is 17.6 Å². The standard InChI is InChI=1S/C18H20FN3O3S/c1-13(2)20-21-18(23)12-22(16-8-4-14(3)5-9-16)26(24,25)17-10-6-15(19)7-11-17/h4-11H,12H2,1-3H3,(H,21,23). The highest BCUT2D eigenvalue weighted by Gasteiger charge is 2.27. The van der Waals surface area contributed by atoms with Crippen molar-refractivity contribution in [1.82, 2.24) is 5.43 Å². The number of carbonyl (C=O) groups excluding carboxylic acids is 1. The van der Waals surface area contributed by atoms with Crippen molar-refractivity contribution in [2.45, 2.75) is 25.7 Å². The zero-order valence-electron chi connectivity index (χ0n) is 14.7. The van der Waals surface area contributed by atoms with Gasteiger partial charge < -0.3 is 0 Å². The molecule has 2 rings (SSSR count). The molecule has 0 aromatic heterocycles. The van der Waals surface area contributed by atoms with Crippen LogP contribution in [0.5, 0.6) is 0 Å². The summed E-state index contributed by atoms with van der Waals surface area (Å²) >= 11 is 0. The van der Waals surface area contributed by atoms with Gasteiger partial charge in [-0.05, 0) is 57.2 Å². The Labute approximate surface area is 152 Å². The summed E-state index contributed by atoms with van der Waals surface area (Å²) in [5.74, 6) is -1.13. The second-order valence-corrected chi connectivity index (χ2v) is 7.76. The molecule has 0 radical (unpaired) electrons. The second-order valence-electron chi connectivity index (χ2n) is 5.90. The minimum atomic E-state index is -4.06. The summed E-state index contributed by atoms with van der Waals surface area (Å²) in [6.07, 6.45) is 0. The largest absolute Gasteiger partial charge is 0.271 e. The first kappa shape index (κ1) is 19.6. The van der Waals surface area contributed by atoms with E-state index in [0.717, 1.165) is 34.1 Å². The van der Waals surface area contributed by atoms with Crippen LogP contribution in [-0.4, -0.2) is 26.6 Å². The number of amides is 1. The van der Waals surface area contributed by atoms with Gasteiger partial charge in [0.25, 0.3) is 15.9 Å². The van der Waals surface area contributed by atoms with Crippen LogP contribution in [0.15, 0.2) is 58.5 Å². The van der Waals surface area contributed by atoms with Crippen LogP contribution in [0.4, 0.5) is 10.1 Å². The Hall–Kier alpha value is -2.74. The summed E-state index contributed by atoms with van der Waals surface area (Å²) in [6.45, 7) is 4.81. The molecule has 0 bridgehead atoms. The van der Waals surface area contributed by atoms with E-state index in [0.29, 0.717) is 11.4 Å². The average Bonchev–Trinajstić information content (AvgIpc) is 2.59. The fourth-order valence-electron chi connectivity index (χ4n) is 2.10. The number of halogens is 1. The number of hydrogen-bond donors (Lipinski definition) is 1. The van der Waals surface area contributed by atoms with Crippen LogP contribution in [0.3, 0.4) is 0 Å². The number of sulfonamides is 1. The number of benzene rings is 2. The molecule has 0 heterocycles. The van der Waals surface area contributed by atoms with Gasteiger partial charge in [-0.15, -0.1) is 0 Å². The number of hydrogen-bond acceptors (Lipinski definition) is 4. The molecule has 0 saturated heterocycles. The van der Waals surface area contributed by atoms with Gasteiger partial charge >= 0.3 is 0 Å². The topological polar surface area (TPSA) is 78.8 Å². The molecule has 1 N–H and O–H groups in total. The van der Waals surface area contributed by atoms with Gasteiger partial charge in [-0.25, -0.2) is 18.2 Å². The highest BCUT2D eigenvalue weighted by atomic mass is 32.2. The van der Waals surface area contributed by atoms with Gasteiger partial charge in [-0.1, -0.05) is 17.7 Å². The van der Waals surface area contributed by atoms with Crippen molar-refractivity contribution >= 4 is 27.3 Å². The Morgan fingerprint density at radius 1 is 1.08 bits per heavy atom. The summed E-state index contributed by atoms with van der Waals surface area (Å²) in [4.78, 5) is 12.0. The summed E-state index contributed by atoms with van der Waals surface area (Å²) < 4.78 is 40.1. The van der Waals surface area contributed by atoms with Gasteiger partial charge in [0.2, 0.25) is 0 Å². The molecule has 0 aliphatic rings. The molecule has 0 spiro atoms. The lowest BCUT2D eigenvalue weighted by atomic mass is 10.2. The molecule has 0 aliphatic heterocycles. The summed E-state index contributed by atoms with van der Waals surface area (Å²) in [7, 11) is -4.06. The highest BCUT2D eigenvalue weighted by Crippen LogP contribution is 2.24. The molecule has 2 aromatic rings. The molecule has 0 unspecified atom stereocenters. The molecular weight excluding hydrogens is 357 g/mol. The quantitative estimate of drug-likeness (QED) is 0.621. The van der Waals surface area contributed by atoms with E-state index in [2.05, 4.69) is 10.5 Å². The zero-order chi connectivity index (χ0) is 19.3. The van der Waals surface area contributed by atoms with Crippen LogP contribution < -0.4 is 9.73 Å². The van der Waals surface area contributed by atoms with E-state index in [1.807, 2.05) is 6.92 Å². The fraction of sp³-hybridized carbons (Fsp3) is 0.222. The second kappa shape index (κ2) is 8.09. The molecule has 0 fully saturated rings. The Balaban J connectivity index is 2.42. The van der Waals surface area contributed by atoms with Crippen molar-refractivity contribution in [2.24, 2.45) is 5.10 Å². The molecule has 0 saturated carbocycles. The minimum Gasteiger partial charge on any atom is -0.271 e. The van der Waals surface area contributed by atoms with Crippen molar-refractivity contribution in [3.8, 4) is 0 Å². The van der Waals surface area contributed by atoms with E-state index in [9.17, 15) is 17.6 Å². The molecule has 138 valence electrons. The molecule has 26 heavy (non-hydrogen) atoms. The van der Waals surface area contributed by atoms with Crippen molar-refractivity contribution in [3.63, 3.8) is 0 Å². The SMILES string of the molecule is CC(C)=NNC(=O)CN(c1ccc(C)cc1)S(=O)(=O)c1ccc(F)cc1. The third kappa shape index (κ3) is 4.89. The number of anilines is 1. The van der Waals surface area contributed by atoms with Crippen LogP contribution in [0.1, 0.15) is 19.4 Å². The van der Waals surface area contributed by atoms with Gasteiger partial charge in [0, 0.05) is 5.71 Å². The van der Waals surface area contributed by atoms with E-state index in [4.69, 9.17) is 0 Å². The first-order valence-electron chi connectivity index (χ1n) is 7.85. The van der Waals surface area contributed by atoms with Gasteiger partial charge in [0.15, 0.2) is 0 Å². The van der Waals surface area contributed by atoms with E-state index in [1.165, 1.54) is 0 Å². The zero-order valence-corrected chi connectivity index (χ0v) is 15.5. The van der Waals surface area contributed by atoms with Crippen molar-refractivity contribution in [2.75, 3.05) is 10.8 Å². The van der Waals surface area contributed by atoms with Crippen LogP contribution in [-0.2, 0) is 14.8 Å². The minimum absolute atomic E-state index is 0.109. The highest BCUT2D eigenvalue weighted by molar-refractivity contribution is 7.92. The summed E-state index contributed by atoms with van der Waals surface area (Å²) in [6, 6.07) is 11.2. The molecule has 2 aromatic carbocycles. The Kier molecular flexibility index (Phi) is 6.10. The number of hydrazone groups is 1. The van der Waals surface area contributed by atoms with E-state index < -0.39 is 28.3 Å². The predicted octanol–water partition coefficient (Wildman–Crippen LogP) is 2.84. The van der Waals surface area contributed by atoms with Crippen molar-refractivity contribution in [3.05, 3.63) is 59.9 Å².